The molecular weight excluding hydrogens is 330 g/mol. The lowest BCUT2D eigenvalue weighted by Crippen LogP contribution is -2.34. The van der Waals surface area contributed by atoms with Gasteiger partial charge in [-0.2, -0.15) is 0 Å². The van der Waals surface area contributed by atoms with Crippen molar-refractivity contribution in [2.45, 2.75) is 44.2 Å². The van der Waals surface area contributed by atoms with Gasteiger partial charge in [0, 0.05) is 18.0 Å². The van der Waals surface area contributed by atoms with Crippen LogP contribution in [0.5, 0.6) is 0 Å². The van der Waals surface area contributed by atoms with Crippen LogP contribution in [-0.4, -0.2) is 27.3 Å². The first-order valence-corrected chi connectivity index (χ1v) is 8.95. The zero-order valence-electron chi connectivity index (χ0n) is 14.4. The summed E-state index contributed by atoms with van der Waals surface area (Å²) in [7, 11) is 0. The number of amides is 1. The van der Waals surface area contributed by atoms with Crippen molar-refractivity contribution in [2.75, 3.05) is 0 Å². The molecule has 2 atom stereocenters. The predicted octanol–water partition coefficient (Wildman–Crippen LogP) is 2.80. The van der Waals surface area contributed by atoms with Gasteiger partial charge in [-0.1, -0.05) is 29.4 Å². The smallest absolute Gasteiger partial charge is 0.259 e. The van der Waals surface area contributed by atoms with E-state index in [9.17, 15) is 9.90 Å². The van der Waals surface area contributed by atoms with Crippen LogP contribution < -0.4 is 5.32 Å². The minimum atomic E-state index is -0.625. The maximum Gasteiger partial charge on any atom is 0.259 e. The Balaban J connectivity index is 1.54. The predicted molar refractivity (Wildman–Crippen MR) is 94.9 cm³/mol. The third kappa shape index (κ3) is 2.41. The van der Waals surface area contributed by atoms with Gasteiger partial charge in [-0.15, -0.1) is 0 Å². The van der Waals surface area contributed by atoms with Gasteiger partial charge in [0.25, 0.3) is 11.6 Å². The van der Waals surface area contributed by atoms with Crippen molar-refractivity contribution >= 4 is 17.0 Å². The summed E-state index contributed by atoms with van der Waals surface area (Å²) in [6.45, 7) is 1.81. The molecule has 0 spiro atoms. The summed E-state index contributed by atoms with van der Waals surface area (Å²) >= 11 is 0. The highest BCUT2D eigenvalue weighted by molar-refractivity contribution is 6.06. The van der Waals surface area contributed by atoms with Crippen LogP contribution in [0.1, 0.15) is 57.7 Å². The Kier molecular flexibility index (Phi) is 3.37. The fraction of sp³-hybridized carbons (Fsp3) is 0.350. The number of nitrogens with one attached hydrogen (secondary N) is 1. The van der Waals surface area contributed by atoms with Gasteiger partial charge in [-0.05, 0) is 37.0 Å². The molecular formula is C20H19N3O3. The first-order valence-electron chi connectivity index (χ1n) is 8.95. The Bertz CT molecular complexity index is 1020. The van der Waals surface area contributed by atoms with Crippen molar-refractivity contribution in [2.24, 2.45) is 0 Å². The number of benzene rings is 1. The van der Waals surface area contributed by atoms with Crippen LogP contribution in [0.2, 0.25) is 0 Å². The lowest BCUT2D eigenvalue weighted by molar-refractivity contribution is 0.0859. The largest absolute Gasteiger partial charge is 0.390 e. The maximum atomic E-state index is 13.1. The maximum absolute atomic E-state index is 13.1. The first kappa shape index (κ1) is 15.5. The van der Waals surface area contributed by atoms with Crippen LogP contribution in [0.3, 0.4) is 0 Å². The number of aliphatic hydroxyl groups excluding tert-OH is 1. The van der Waals surface area contributed by atoms with Gasteiger partial charge in [-0.3, -0.25) is 4.79 Å². The molecule has 2 unspecified atom stereocenters. The zero-order chi connectivity index (χ0) is 17.8. The lowest BCUT2D eigenvalue weighted by Gasteiger charge is -2.18. The van der Waals surface area contributed by atoms with E-state index < -0.39 is 12.1 Å². The number of carbonyl (C=O) groups is 1. The summed E-state index contributed by atoms with van der Waals surface area (Å²) in [5.74, 6) is 0.167. The summed E-state index contributed by atoms with van der Waals surface area (Å²) in [5.41, 5.74) is 4.50. The van der Waals surface area contributed by atoms with Gasteiger partial charge >= 0.3 is 0 Å². The van der Waals surface area contributed by atoms with E-state index in [2.05, 4.69) is 15.5 Å². The van der Waals surface area contributed by atoms with Crippen LogP contribution in [0.4, 0.5) is 0 Å². The molecule has 2 aromatic heterocycles. The SMILES string of the molecule is Cc1noc2nc(C3CC3)cc(C(=O)NC3c4ccccc4CC3O)c12. The van der Waals surface area contributed by atoms with Gasteiger partial charge in [-0.25, -0.2) is 4.98 Å². The molecule has 2 heterocycles. The third-order valence-corrected chi connectivity index (χ3v) is 5.37. The highest BCUT2D eigenvalue weighted by Gasteiger charge is 2.34. The summed E-state index contributed by atoms with van der Waals surface area (Å²) in [4.78, 5) is 17.6. The molecule has 0 bridgehead atoms. The van der Waals surface area contributed by atoms with Crippen LogP contribution in [0, 0.1) is 6.92 Å². The number of aliphatic hydroxyl groups is 1. The van der Waals surface area contributed by atoms with E-state index in [0.717, 1.165) is 29.7 Å². The Hall–Kier alpha value is -2.73. The average molecular weight is 349 g/mol. The minimum Gasteiger partial charge on any atom is -0.390 e. The zero-order valence-corrected chi connectivity index (χ0v) is 14.4. The molecule has 2 aliphatic rings. The fourth-order valence-corrected chi connectivity index (χ4v) is 3.85. The molecule has 2 aliphatic carbocycles. The molecule has 132 valence electrons. The summed E-state index contributed by atoms with van der Waals surface area (Å²) < 4.78 is 5.31. The number of rotatable bonds is 3. The standard InChI is InChI=1S/C20H19N3O3/c1-10-17-14(9-15(11-6-7-11)21-20(17)26-23-10)19(25)22-18-13-5-3-2-4-12(13)8-16(18)24/h2-5,9,11,16,18,24H,6-8H2,1H3,(H,22,25). The van der Waals surface area contributed by atoms with E-state index in [-0.39, 0.29) is 5.91 Å². The second-order valence-electron chi connectivity index (χ2n) is 7.24. The third-order valence-electron chi connectivity index (χ3n) is 5.37. The van der Waals surface area contributed by atoms with Gasteiger partial charge < -0.3 is 14.9 Å². The van der Waals surface area contributed by atoms with Gasteiger partial charge in [0.2, 0.25) is 0 Å². The van der Waals surface area contributed by atoms with Crippen LogP contribution in [0.25, 0.3) is 11.1 Å². The Morgan fingerprint density at radius 1 is 1.31 bits per heavy atom. The molecule has 3 aromatic rings. The fourth-order valence-electron chi connectivity index (χ4n) is 3.85. The van der Waals surface area contributed by atoms with E-state index in [1.54, 1.807) is 6.92 Å². The Labute approximate surface area is 150 Å². The van der Waals surface area contributed by atoms with Gasteiger partial charge in [0.15, 0.2) is 0 Å². The summed E-state index contributed by atoms with van der Waals surface area (Å²) in [6.07, 6.45) is 2.09. The molecule has 6 heteroatoms. The second kappa shape index (κ2) is 5.64. The van der Waals surface area contributed by atoms with E-state index in [0.29, 0.717) is 34.7 Å². The Morgan fingerprint density at radius 2 is 2.12 bits per heavy atom. The number of pyridine rings is 1. The number of fused-ring (bicyclic) bond motifs is 2. The molecule has 5 rings (SSSR count). The highest BCUT2D eigenvalue weighted by atomic mass is 16.5. The summed E-state index contributed by atoms with van der Waals surface area (Å²) in [6, 6.07) is 9.27. The van der Waals surface area contributed by atoms with Crippen LogP contribution in [-0.2, 0) is 6.42 Å². The van der Waals surface area contributed by atoms with E-state index >= 15 is 0 Å². The van der Waals surface area contributed by atoms with E-state index in [4.69, 9.17) is 4.52 Å². The number of hydrogen-bond donors (Lipinski definition) is 2. The summed E-state index contributed by atoms with van der Waals surface area (Å²) in [5, 5.41) is 18.1. The molecule has 0 radical (unpaired) electrons. The first-order chi connectivity index (χ1) is 12.6. The number of hydrogen-bond acceptors (Lipinski definition) is 5. The molecule has 26 heavy (non-hydrogen) atoms. The number of carbonyl (C=O) groups excluding carboxylic acids is 1. The second-order valence-corrected chi connectivity index (χ2v) is 7.24. The number of nitrogens with zero attached hydrogens (tertiary/aromatic N) is 2. The highest BCUT2D eigenvalue weighted by Crippen LogP contribution is 2.40. The van der Waals surface area contributed by atoms with Crippen molar-refractivity contribution in [1.29, 1.82) is 0 Å². The van der Waals surface area contributed by atoms with Gasteiger partial charge in [0.05, 0.1) is 28.8 Å². The lowest BCUT2D eigenvalue weighted by atomic mass is 10.0. The number of aromatic nitrogens is 2. The van der Waals surface area contributed by atoms with Crippen molar-refractivity contribution in [1.82, 2.24) is 15.5 Å². The molecule has 1 fully saturated rings. The molecule has 1 saturated carbocycles. The van der Waals surface area contributed by atoms with Crippen LogP contribution in [0.15, 0.2) is 34.9 Å². The Morgan fingerprint density at radius 3 is 2.92 bits per heavy atom. The molecule has 0 aliphatic heterocycles. The van der Waals surface area contributed by atoms with Gasteiger partial charge in [0.1, 0.15) is 0 Å². The number of aryl methyl sites for hydroxylation is 1. The molecule has 6 nitrogen and oxygen atoms in total. The van der Waals surface area contributed by atoms with Crippen molar-refractivity contribution in [3.05, 3.63) is 58.4 Å². The molecule has 2 N–H and O–H groups in total. The normalized spacial score (nSPS) is 21.8. The average Bonchev–Trinajstić information content (AvgIpc) is 3.36. The van der Waals surface area contributed by atoms with Crippen molar-refractivity contribution in [3.8, 4) is 0 Å². The topological polar surface area (TPSA) is 88.2 Å². The van der Waals surface area contributed by atoms with Crippen molar-refractivity contribution in [3.63, 3.8) is 0 Å². The quantitative estimate of drug-likeness (QED) is 0.759. The molecule has 1 aromatic carbocycles. The van der Waals surface area contributed by atoms with E-state index in [1.165, 1.54) is 0 Å². The van der Waals surface area contributed by atoms with E-state index in [1.807, 2.05) is 30.3 Å². The molecule has 0 saturated heterocycles. The van der Waals surface area contributed by atoms with Crippen LogP contribution >= 0.6 is 0 Å². The molecule has 1 amide bonds. The monoisotopic (exact) mass is 349 g/mol. The minimum absolute atomic E-state index is 0.230. The van der Waals surface area contributed by atoms with Crippen molar-refractivity contribution < 1.29 is 14.4 Å².